The fourth-order valence-corrected chi connectivity index (χ4v) is 2.56. The number of benzene rings is 2. The van der Waals surface area contributed by atoms with Gasteiger partial charge >= 0.3 is 0 Å². The smallest absolute Gasteiger partial charge is 0.263 e. The van der Waals surface area contributed by atoms with Crippen molar-refractivity contribution >= 4 is 5.91 Å². The molecule has 0 N–H and O–H groups in total. The van der Waals surface area contributed by atoms with E-state index in [0.717, 1.165) is 5.56 Å². The van der Waals surface area contributed by atoms with E-state index in [1.165, 1.54) is 29.2 Å². The van der Waals surface area contributed by atoms with Gasteiger partial charge in [-0.15, -0.1) is 0 Å². The molecule has 0 radical (unpaired) electrons. The third kappa shape index (κ3) is 4.64. The van der Waals surface area contributed by atoms with E-state index in [1.807, 2.05) is 18.2 Å². The van der Waals surface area contributed by atoms with Crippen molar-refractivity contribution in [1.82, 2.24) is 15.0 Å². The fraction of sp³-hybridized carbons (Fsp3) is 0.250. The molecule has 0 bridgehead atoms. The lowest BCUT2D eigenvalue weighted by atomic mass is 10.2. The minimum Gasteiger partial charge on any atom is -0.497 e. The van der Waals surface area contributed by atoms with Crippen molar-refractivity contribution in [3.63, 3.8) is 0 Å². The van der Waals surface area contributed by atoms with Crippen LogP contribution in [0.25, 0.3) is 11.4 Å². The molecule has 1 atom stereocenters. The van der Waals surface area contributed by atoms with Crippen LogP contribution in [0.1, 0.15) is 12.8 Å². The van der Waals surface area contributed by atoms with E-state index in [0.29, 0.717) is 23.2 Å². The van der Waals surface area contributed by atoms with Crippen LogP contribution in [-0.2, 0) is 11.3 Å². The van der Waals surface area contributed by atoms with Crippen molar-refractivity contribution in [2.24, 2.45) is 0 Å². The maximum absolute atomic E-state index is 13.0. The third-order valence-electron chi connectivity index (χ3n) is 4.02. The third-order valence-corrected chi connectivity index (χ3v) is 4.02. The molecule has 28 heavy (non-hydrogen) atoms. The number of amides is 1. The average Bonchev–Trinajstić information content (AvgIpc) is 3.17. The van der Waals surface area contributed by atoms with Gasteiger partial charge in [0.15, 0.2) is 6.10 Å². The second kappa shape index (κ2) is 8.51. The van der Waals surface area contributed by atoms with Crippen molar-refractivity contribution in [2.45, 2.75) is 19.6 Å². The van der Waals surface area contributed by atoms with Gasteiger partial charge in [0.05, 0.1) is 13.7 Å². The van der Waals surface area contributed by atoms with Gasteiger partial charge in [-0.25, -0.2) is 4.39 Å². The largest absolute Gasteiger partial charge is 0.497 e. The number of hydrogen-bond acceptors (Lipinski definition) is 6. The maximum Gasteiger partial charge on any atom is 0.263 e. The first kappa shape index (κ1) is 19.3. The van der Waals surface area contributed by atoms with Crippen LogP contribution in [0.5, 0.6) is 11.5 Å². The Kier molecular flexibility index (Phi) is 5.88. The zero-order valence-corrected chi connectivity index (χ0v) is 15.8. The highest BCUT2D eigenvalue weighted by molar-refractivity contribution is 5.80. The van der Waals surface area contributed by atoms with Crippen molar-refractivity contribution in [3.05, 3.63) is 60.2 Å². The minimum atomic E-state index is -0.753. The van der Waals surface area contributed by atoms with Crippen molar-refractivity contribution < 1.29 is 23.2 Å². The van der Waals surface area contributed by atoms with Crippen LogP contribution in [-0.4, -0.2) is 41.2 Å². The first-order chi connectivity index (χ1) is 13.5. The van der Waals surface area contributed by atoms with Crippen LogP contribution < -0.4 is 9.47 Å². The Balaban J connectivity index is 1.62. The lowest BCUT2D eigenvalue weighted by Gasteiger charge is -2.20. The Morgan fingerprint density at radius 2 is 1.96 bits per heavy atom. The highest BCUT2D eigenvalue weighted by Crippen LogP contribution is 2.21. The monoisotopic (exact) mass is 385 g/mol. The molecule has 2 aromatic carbocycles. The van der Waals surface area contributed by atoms with Gasteiger partial charge in [0.2, 0.25) is 11.7 Å². The first-order valence-corrected chi connectivity index (χ1v) is 8.60. The molecule has 0 aliphatic heterocycles. The summed E-state index contributed by atoms with van der Waals surface area (Å²) in [7, 11) is 3.19. The SMILES string of the molecule is COc1cccc(-c2noc(CN(C)C(=O)[C@@H](C)Oc3ccc(F)cc3)n2)c1. The lowest BCUT2D eigenvalue weighted by molar-refractivity contribution is -0.137. The summed E-state index contributed by atoms with van der Waals surface area (Å²) in [6, 6.07) is 12.8. The minimum absolute atomic E-state index is 0.132. The number of carbonyl (C=O) groups is 1. The predicted molar refractivity (Wildman–Crippen MR) is 99.3 cm³/mol. The molecular weight excluding hydrogens is 365 g/mol. The van der Waals surface area contributed by atoms with Crippen LogP contribution in [0.3, 0.4) is 0 Å². The topological polar surface area (TPSA) is 77.7 Å². The summed E-state index contributed by atoms with van der Waals surface area (Å²) >= 11 is 0. The standard InChI is InChI=1S/C20H20FN3O4/c1-13(27-16-9-7-15(21)8-10-16)20(25)24(2)12-18-22-19(23-28-18)14-5-4-6-17(11-14)26-3/h4-11,13H,12H2,1-3H3/t13-/m1/s1. The van der Waals surface area contributed by atoms with Gasteiger partial charge < -0.3 is 18.9 Å². The second-order valence-electron chi connectivity index (χ2n) is 6.15. The first-order valence-electron chi connectivity index (χ1n) is 8.60. The molecule has 0 aliphatic carbocycles. The zero-order chi connectivity index (χ0) is 20.1. The summed E-state index contributed by atoms with van der Waals surface area (Å²) in [5, 5.41) is 3.95. The molecular formula is C20H20FN3O4. The van der Waals surface area contributed by atoms with E-state index in [1.54, 1.807) is 27.1 Å². The molecule has 8 heteroatoms. The number of carbonyl (C=O) groups excluding carboxylic acids is 1. The number of likely N-dealkylation sites (N-methyl/N-ethyl adjacent to an activating group) is 1. The van der Waals surface area contributed by atoms with Gasteiger partial charge in [0.1, 0.15) is 17.3 Å². The van der Waals surface area contributed by atoms with Crippen molar-refractivity contribution in [2.75, 3.05) is 14.2 Å². The summed E-state index contributed by atoms with van der Waals surface area (Å²) in [5.74, 6) is 1.15. The highest BCUT2D eigenvalue weighted by Gasteiger charge is 2.21. The molecule has 7 nitrogen and oxygen atoms in total. The Bertz CT molecular complexity index is 943. The molecule has 3 aromatic rings. The molecule has 0 unspecified atom stereocenters. The number of halogens is 1. The maximum atomic E-state index is 13.0. The molecule has 3 rings (SSSR count). The van der Waals surface area contributed by atoms with Crippen LogP contribution in [0.4, 0.5) is 4.39 Å². The quantitative estimate of drug-likeness (QED) is 0.621. The van der Waals surface area contributed by atoms with E-state index < -0.39 is 6.10 Å². The molecule has 0 aliphatic rings. The molecule has 146 valence electrons. The van der Waals surface area contributed by atoms with Gasteiger partial charge in [-0.2, -0.15) is 4.98 Å². The normalized spacial score (nSPS) is 11.7. The molecule has 0 spiro atoms. The van der Waals surface area contributed by atoms with Crippen LogP contribution in [0.2, 0.25) is 0 Å². The van der Waals surface area contributed by atoms with Crippen molar-refractivity contribution in [3.8, 4) is 22.9 Å². The summed E-state index contributed by atoms with van der Waals surface area (Å²) in [5.41, 5.74) is 0.747. The van der Waals surface area contributed by atoms with Crippen LogP contribution in [0.15, 0.2) is 53.1 Å². The summed E-state index contributed by atoms with van der Waals surface area (Å²) in [6.45, 7) is 1.75. The number of hydrogen-bond donors (Lipinski definition) is 0. The number of ether oxygens (including phenoxy) is 2. The Labute approximate surface area is 161 Å². The fourth-order valence-electron chi connectivity index (χ4n) is 2.56. The molecule has 1 heterocycles. The number of aromatic nitrogens is 2. The van der Waals surface area contributed by atoms with Gasteiger partial charge in [-0.3, -0.25) is 4.79 Å². The Morgan fingerprint density at radius 3 is 2.68 bits per heavy atom. The Hall–Kier alpha value is -3.42. The van der Waals surface area contributed by atoms with E-state index >= 15 is 0 Å². The molecule has 0 fully saturated rings. The molecule has 1 aromatic heterocycles. The molecule has 1 amide bonds. The van der Waals surface area contributed by atoms with Crippen LogP contribution in [0, 0.1) is 5.82 Å². The van der Waals surface area contributed by atoms with E-state index in [9.17, 15) is 9.18 Å². The van der Waals surface area contributed by atoms with E-state index in [2.05, 4.69) is 10.1 Å². The second-order valence-corrected chi connectivity index (χ2v) is 6.15. The lowest BCUT2D eigenvalue weighted by Crippen LogP contribution is -2.37. The highest BCUT2D eigenvalue weighted by atomic mass is 19.1. The summed E-state index contributed by atoms with van der Waals surface area (Å²) in [6.07, 6.45) is -0.753. The predicted octanol–water partition coefficient (Wildman–Crippen LogP) is 3.31. The molecule has 0 saturated carbocycles. The summed E-state index contributed by atoms with van der Waals surface area (Å²) < 4.78 is 28.9. The van der Waals surface area contributed by atoms with Crippen molar-refractivity contribution in [1.29, 1.82) is 0 Å². The van der Waals surface area contributed by atoms with Gasteiger partial charge in [0.25, 0.3) is 5.91 Å². The van der Waals surface area contributed by atoms with E-state index in [-0.39, 0.29) is 18.3 Å². The Morgan fingerprint density at radius 1 is 1.21 bits per heavy atom. The average molecular weight is 385 g/mol. The van der Waals surface area contributed by atoms with Gasteiger partial charge in [-0.05, 0) is 43.3 Å². The van der Waals surface area contributed by atoms with Gasteiger partial charge in [-0.1, -0.05) is 17.3 Å². The number of methoxy groups -OCH3 is 1. The summed E-state index contributed by atoms with van der Waals surface area (Å²) in [4.78, 5) is 18.2. The zero-order valence-electron chi connectivity index (χ0n) is 15.8. The molecule has 0 saturated heterocycles. The number of rotatable bonds is 7. The van der Waals surface area contributed by atoms with Gasteiger partial charge in [0, 0.05) is 12.6 Å². The van der Waals surface area contributed by atoms with Crippen LogP contribution >= 0.6 is 0 Å². The van der Waals surface area contributed by atoms with E-state index in [4.69, 9.17) is 14.0 Å². The number of nitrogens with zero attached hydrogens (tertiary/aromatic N) is 3.